The lowest BCUT2D eigenvalue weighted by atomic mass is 10.5. The predicted octanol–water partition coefficient (Wildman–Crippen LogP) is 1.27. The van der Waals surface area contributed by atoms with Crippen molar-refractivity contribution in [1.82, 2.24) is 9.97 Å². The maximum Gasteiger partial charge on any atom is 0.302 e. The molecule has 14 heavy (non-hydrogen) atoms. The Kier molecular flexibility index (Phi) is 4.99. The fourth-order valence-electron chi connectivity index (χ4n) is 0.825. The van der Waals surface area contributed by atoms with Crippen molar-refractivity contribution < 1.29 is 9.53 Å². The first kappa shape index (κ1) is 11.0. The number of carbonyl (C=O) groups is 1. The summed E-state index contributed by atoms with van der Waals surface area (Å²) < 4.78 is 4.79. The third-order valence-corrected chi connectivity index (χ3v) is 2.38. The molecule has 1 aromatic heterocycles. The number of hydrogen-bond acceptors (Lipinski definition) is 5. The lowest BCUT2D eigenvalue weighted by Crippen LogP contribution is -2.02. The van der Waals surface area contributed by atoms with Gasteiger partial charge in [0.1, 0.15) is 12.9 Å². The first-order valence-corrected chi connectivity index (χ1v) is 5.40. The molecule has 0 saturated heterocycles. The van der Waals surface area contributed by atoms with Crippen LogP contribution in [-0.2, 0) is 15.3 Å². The average molecular weight is 212 g/mol. The van der Waals surface area contributed by atoms with Gasteiger partial charge < -0.3 is 4.74 Å². The first-order chi connectivity index (χ1) is 6.79. The largest absolute Gasteiger partial charge is 0.465 e. The zero-order valence-electron chi connectivity index (χ0n) is 7.97. The highest BCUT2D eigenvalue weighted by atomic mass is 32.2. The smallest absolute Gasteiger partial charge is 0.302 e. The zero-order chi connectivity index (χ0) is 10.2. The lowest BCUT2D eigenvalue weighted by molar-refractivity contribution is -0.140. The standard InChI is InChI=1S/C9H12N2O2S/c1-8(12)13-4-5-14-6-9-2-3-10-7-11-9/h2-3,7H,4-6H2,1H3. The van der Waals surface area contributed by atoms with Crippen LogP contribution in [0.3, 0.4) is 0 Å². The van der Waals surface area contributed by atoms with Crippen molar-refractivity contribution in [2.24, 2.45) is 0 Å². The van der Waals surface area contributed by atoms with Gasteiger partial charge in [-0.2, -0.15) is 11.8 Å². The maximum atomic E-state index is 10.4. The van der Waals surface area contributed by atoms with Gasteiger partial charge in [0.2, 0.25) is 0 Å². The molecule has 0 N–H and O–H groups in total. The van der Waals surface area contributed by atoms with Gasteiger partial charge in [0.25, 0.3) is 0 Å². The van der Waals surface area contributed by atoms with Gasteiger partial charge in [0, 0.05) is 24.6 Å². The molecule has 5 heteroatoms. The third-order valence-electron chi connectivity index (χ3n) is 1.43. The molecule has 0 bridgehead atoms. The summed E-state index contributed by atoms with van der Waals surface area (Å²) in [4.78, 5) is 18.3. The van der Waals surface area contributed by atoms with E-state index in [4.69, 9.17) is 4.74 Å². The fourth-order valence-corrected chi connectivity index (χ4v) is 1.55. The minimum absolute atomic E-state index is 0.229. The van der Waals surface area contributed by atoms with Crippen molar-refractivity contribution in [3.63, 3.8) is 0 Å². The van der Waals surface area contributed by atoms with Gasteiger partial charge in [0.05, 0.1) is 5.69 Å². The highest BCUT2D eigenvalue weighted by molar-refractivity contribution is 7.98. The Bertz CT molecular complexity index is 279. The third kappa shape index (κ3) is 4.81. The second-order valence-corrected chi connectivity index (χ2v) is 3.70. The van der Waals surface area contributed by atoms with Crippen LogP contribution in [-0.4, -0.2) is 28.3 Å². The quantitative estimate of drug-likeness (QED) is 0.543. The van der Waals surface area contributed by atoms with Crippen molar-refractivity contribution in [1.29, 1.82) is 0 Å². The van der Waals surface area contributed by atoms with E-state index >= 15 is 0 Å². The monoisotopic (exact) mass is 212 g/mol. The SMILES string of the molecule is CC(=O)OCCSCc1ccncn1. The van der Waals surface area contributed by atoms with Gasteiger partial charge in [0.15, 0.2) is 0 Å². The van der Waals surface area contributed by atoms with E-state index in [1.165, 1.54) is 13.3 Å². The molecule has 0 fully saturated rings. The van der Waals surface area contributed by atoms with E-state index in [9.17, 15) is 4.79 Å². The molecule has 1 aromatic rings. The number of thioether (sulfide) groups is 1. The summed E-state index contributed by atoms with van der Waals surface area (Å²) in [6.07, 6.45) is 3.25. The van der Waals surface area contributed by atoms with E-state index in [2.05, 4.69) is 9.97 Å². The van der Waals surface area contributed by atoms with E-state index < -0.39 is 0 Å². The summed E-state index contributed by atoms with van der Waals surface area (Å²) in [6.45, 7) is 1.88. The number of nitrogens with zero attached hydrogens (tertiary/aromatic N) is 2. The molecule has 1 heterocycles. The molecule has 0 aliphatic heterocycles. The molecule has 0 unspecified atom stereocenters. The Hall–Kier alpha value is -1.10. The summed E-state index contributed by atoms with van der Waals surface area (Å²) in [5, 5.41) is 0. The summed E-state index contributed by atoms with van der Waals surface area (Å²) in [6, 6.07) is 1.87. The van der Waals surface area contributed by atoms with Crippen LogP contribution in [0, 0.1) is 0 Å². The van der Waals surface area contributed by atoms with E-state index in [0.29, 0.717) is 6.61 Å². The van der Waals surface area contributed by atoms with Gasteiger partial charge in [-0.3, -0.25) is 4.79 Å². The van der Waals surface area contributed by atoms with E-state index in [1.807, 2.05) is 6.07 Å². The van der Waals surface area contributed by atoms with Gasteiger partial charge in [-0.15, -0.1) is 0 Å². The zero-order valence-corrected chi connectivity index (χ0v) is 8.79. The highest BCUT2D eigenvalue weighted by Crippen LogP contribution is 2.08. The summed E-state index contributed by atoms with van der Waals surface area (Å²) >= 11 is 1.68. The van der Waals surface area contributed by atoms with Gasteiger partial charge >= 0.3 is 5.97 Å². The highest BCUT2D eigenvalue weighted by Gasteiger charge is 1.95. The molecule has 0 saturated carbocycles. The molecule has 0 spiro atoms. The van der Waals surface area contributed by atoms with Crippen molar-refractivity contribution in [2.75, 3.05) is 12.4 Å². The molecule has 0 aliphatic rings. The first-order valence-electron chi connectivity index (χ1n) is 4.25. The molecular weight excluding hydrogens is 200 g/mol. The maximum absolute atomic E-state index is 10.4. The van der Waals surface area contributed by atoms with Crippen molar-refractivity contribution in [3.05, 3.63) is 24.3 Å². The number of carbonyl (C=O) groups excluding carboxylic acids is 1. The molecule has 1 rings (SSSR count). The number of hydrogen-bond donors (Lipinski definition) is 0. The molecule has 0 radical (unpaired) electrons. The molecular formula is C9H12N2O2S. The second kappa shape index (κ2) is 6.37. The summed E-state index contributed by atoms with van der Waals surface area (Å²) in [5.41, 5.74) is 0.993. The van der Waals surface area contributed by atoms with Crippen molar-refractivity contribution >= 4 is 17.7 Å². The number of rotatable bonds is 5. The Morgan fingerprint density at radius 3 is 3.14 bits per heavy atom. The summed E-state index contributed by atoms with van der Waals surface area (Å²) in [7, 11) is 0. The van der Waals surface area contributed by atoms with Crippen molar-refractivity contribution in [2.45, 2.75) is 12.7 Å². The topological polar surface area (TPSA) is 52.1 Å². The lowest BCUT2D eigenvalue weighted by Gasteiger charge is -2.01. The van der Waals surface area contributed by atoms with E-state index in [1.54, 1.807) is 18.0 Å². The van der Waals surface area contributed by atoms with Crippen LogP contribution in [0.25, 0.3) is 0 Å². The molecule has 0 aliphatic carbocycles. The molecule has 76 valence electrons. The van der Waals surface area contributed by atoms with Gasteiger partial charge in [-0.25, -0.2) is 9.97 Å². The minimum atomic E-state index is -0.229. The second-order valence-electron chi connectivity index (χ2n) is 2.59. The van der Waals surface area contributed by atoms with Crippen LogP contribution < -0.4 is 0 Å². The van der Waals surface area contributed by atoms with Gasteiger partial charge in [-0.1, -0.05) is 0 Å². The van der Waals surface area contributed by atoms with Crippen LogP contribution in [0.1, 0.15) is 12.6 Å². The minimum Gasteiger partial charge on any atom is -0.465 e. The molecule has 0 amide bonds. The van der Waals surface area contributed by atoms with Crippen LogP contribution in [0.5, 0.6) is 0 Å². The van der Waals surface area contributed by atoms with Gasteiger partial charge in [-0.05, 0) is 6.07 Å². The Balaban J connectivity index is 2.08. The number of ether oxygens (including phenoxy) is 1. The number of esters is 1. The Labute approximate surface area is 87.1 Å². The van der Waals surface area contributed by atoms with Crippen LogP contribution in [0.2, 0.25) is 0 Å². The Morgan fingerprint density at radius 2 is 2.50 bits per heavy atom. The average Bonchev–Trinajstić information content (AvgIpc) is 2.18. The Morgan fingerprint density at radius 1 is 1.64 bits per heavy atom. The van der Waals surface area contributed by atoms with E-state index in [0.717, 1.165) is 17.2 Å². The van der Waals surface area contributed by atoms with E-state index in [-0.39, 0.29) is 5.97 Å². The van der Waals surface area contributed by atoms with Crippen LogP contribution >= 0.6 is 11.8 Å². The number of aromatic nitrogens is 2. The molecule has 4 nitrogen and oxygen atoms in total. The predicted molar refractivity (Wildman–Crippen MR) is 54.8 cm³/mol. The fraction of sp³-hybridized carbons (Fsp3) is 0.444. The van der Waals surface area contributed by atoms with Crippen LogP contribution in [0.4, 0.5) is 0 Å². The summed E-state index contributed by atoms with van der Waals surface area (Å²) in [5.74, 6) is 1.39. The van der Waals surface area contributed by atoms with Crippen molar-refractivity contribution in [3.8, 4) is 0 Å². The molecule has 0 aromatic carbocycles. The van der Waals surface area contributed by atoms with Crippen LogP contribution in [0.15, 0.2) is 18.6 Å². The molecule has 0 atom stereocenters. The normalized spacial score (nSPS) is 9.79.